The molecule has 0 N–H and O–H groups in total. The van der Waals surface area contributed by atoms with Crippen LogP contribution in [-0.2, 0) is 0 Å². The standard InChI is InChI=1S/C11H7N3S/c1-2-11(15-5-1)10-7-13-9-6-12-4-3-8(9)14-10/h1-7H. The Labute approximate surface area is 90.5 Å². The van der Waals surface area contributed by atoms with Crippen LogP contribution in [0, 0.1) is 0 Å². The number of aromatic nitrogens is 3. The highest BCUT2D eigenvalue weighted by molar-refractivity contribution is 7.13. The molecule has 4 heteroatoms. The minimum Gasteiger partial charge on any atom is -0.262 e. The summed E-state index contributed by atoms with van der Waals surface area (Å²) in [6, 6.07) is 5.93. The maximum atomic E-state index is 4.53. The summed E-state index contributed by atoms with van der Waals surface area (Å²) in [5.41, 5.74) is 2.64. The van der Waals surface area contributed by atoms with Gasteiger partial charge < -0.3 is 0 Å². The number of pyridine rings is 1. The van der Waals surface area contributed by atoms with Crippen molar-refractivity contribution in [1.29, 1.82) is 0 Å². The predicted molar refractivity (Wildman–Crippen MR) is 60.6 cm³/mol. The molecule has 0 spiro atoms. The summed E-state index contributed by atoms with van der Waals surface area (Å²) in [5, 5.41) is 2.04. The summed E-state index contributed by atoms with van der Waals surface area (Å²) in [6.45, 7) is 0. The molecular formula is C11H7N3S. The third kappa shape index (κ3) is 1.49. The fourth-order valence-corrected chi connectivity index (χ4v) is 2.09. The van der Waals surface area contributed by atoms with Crippen LogP contribution in [-0.4, -0.2) is 15.0 Å². The molecule has 0 amide bonds. The summed E-state index contributed by atoms with van der Waals surface area (Å²) < 4.78 is 0. The van der Waals surface area contributed by atoms with Crippen LogP contribution in [0.5, 0.6) is 0 Å². The Morgan fingerprint density at radius 3 is 2.93 bits per heavy atom. The molecule has 0 bridgehead atoms. The van der Waals surface area contributed by atoms with Gasteiger partial charge in [-0.15, -0.1) is 11.3 Å². The summed E-state index contributed by atoms with van der Waals surface area (Å²) in [5.74, 6) is 0. The van der Waals surface area contributed by atoms with Gasteiger partial charge >= 0.3 is 0 Å². The summed E-state index contributed by atoms with van der Waals surface area (Å²) in [4.78, 5) is 14.0. The van der Waals surface area contributed by atoms with Crippen LogP contribution in [0.3, 0.4) is 0 Å². The average molecular weight is 213 g/mol. The van der Waals surface area contributed by atoms with Crippen LogP contribution in [0.25, 0.3) is 21.6 Å². The molecular weight excluding hydrogens is 206 g/mol. The zero-order valence-corrected chi connectivity index (χ0v) is 8.61. The Balaban J connectivity index is 2.22. The first kappa shape index (κ1) is 8.49. The number of hydrogen-bond donors (Lipinski definition) is 0. The maximum absolute atomic E-state index is 4.53. The Morgan fingerprint density at radius 1 is 1.07 bits per heavy atom. The topological polar surface area (TPSA) is 38.7 Å². The molecule has 0 saturated heterocycles. The van der Waals surface area contributed by atoms with E-state index in [1.54, 1.807) is 29.9 Å². The van der Waals surface area contributed by atoms with Crippen LogP contribution >= 0.6 is 11.3 Å². The quantitative estimate of drug-likeness (QED) is 0.624. The van der Waals surface area contributed by atoms with Crippen molar-refractivity contribution in [2.24, 2.45) is 0 Å². The van der Waals surface area contributed by atoms with E-state index in [0.29, 0.717) is 0 Å². The van der Waals surface area contributed by atoms with Gasteiger partial charge in [-0.2, -0.15) is 0 Å². The first-order valence-electron chi connectivity index (χ1n) is 4.54. The third-order valence-corrected chi connectivity index (χ3v) is 3.01. The van der Waals surface area contributed by atoms with Crippen LogP contribution in [0.1, 0.15) is 0 Å². The highest BCUT2D eigenvalue weighted by Crippen LogP contribution is 2.23. The third-order valence-electron chi connectivity index (χ3n) is 2.12. The van der Waals surface area contributed by atoms with Crippen LogP contribution in [0.4, 0.5) is 0 Å². The minimum absolute atomic E-state index is 0.831. The Kier molecular flexibility index (Phi) is 1.93. The van der Waals surface area contributed by atoms with Crippen LogP contribution in [0.2, 0.25) is 0 Å². The van der Waals surface area contributed by atoms with E-state index in [9.17, 15) is 0 Å². The first-order valence-corrected chi connectivity index (χ1v) is 5.42. The highest BCUT2D eigenvalue weighted by atomic mass is 32.1. The molecule has 3 rings (SSSR count). The van der Waals surface area contributed by atoms with Gasteiger partial charge in [-0.1, -0.05) is 6.07 Å². The van der Waals surface area contributed by atoms with Gasteiger partial charge in [0.25, 0.3) is 0 Å². The van der Waals surface area contributed by atoms with Crippen molar-refractivity contribution in [1.82, 2.24) is 15.0 Å². The highest BCUT2D eigenvalue weighted by Gasteiger charge is 2.02. The van der Waals surface area contributed by atoms with Gasteiger partial charge in [0.1, 0.15) is 5.52 Å². The summed E-state index contributed by atoms with van der Waals surface area (Å²) in [7, 11) is 0. The van der Waals surface area contributed by atoms with E-state index >= 15 is 0 Å². The molecule has 0 aliphatic carbocycles. The van der Waals surface area contributed by atoms with Crippen molar-refractivity contribution in [2.45, 2.75) is 0 Å². The van der Waals surface area contributed by atoms with Gasteiger partial charge in [0.15, 0.2) is 0 Å². The number of rotatable bonds is 1. The SMILES string of the molecule is c1csc(-c2cnc3cnccc3n2)c1. The number of hydrogen-bond acceptors (Lipinski definition) is 4. The largest absolute Gasteiger partial charge is 0.262 e. The molecule has 0 fully saturated rings. The molecule has 15 heavy (non-hydrogen) atoms. The van der Waals surface area contributed by atoms with Crippen molar-refractivity contribution >= 4 is 22.4 Å². The lowest BCUT2D eigenvalue weighted by molar-refractivity contribution is 1.25. The van der Waals surface area contributed by atoms with Crippen molar-refractivity contribution < 1.29 is 0 Å². The van der Waals surface area contributed by atoms with Gasteiger partial charge in [0.2, 0.25) is 0 Å². The molecule has 0 aromatic carbocycles. The molecule has 0 unspecified atom stereocenters. The molecule has 0 saturated carbocycles. The second kappa shape index (κ2) is 3.40. The fraction of sp³-hybridized carbons (Fsp3) is 0. The monoisotopic (exact) mass is 213 g/mol. The molecule has 0 radical (unpaired) electrons. The smallest absolute Gasteiger partial charge is 0.107 e. The lowest BCUT2D eigenvalue weighted by atomic mass is 10.3. The van der Waals surface area contributed by atoms with Crippen molar-refractivity contribution in [2.75, 3.05) is 0 Å². The summed E-state index contributed by atoms with van der Waals surface area (Å²) >= 11 is 1.67. The van der Waals surface area contributed by atoms with Crippen molar-refractivity contribution in [3.8, 4) is 10.6 Å². The maximum Gasteiger partial charge on any atom is 0.107 e. The molecule has 0 atom stereocenters. The predicted octanol–water partition coefficient (Wildman–Crippen LogP) is 2.75. The normalized spacial score (nSPS) is 10.7. The zero-order valence-electron chi connectivity index (χ0n) is 7.79. The fourth-order valence-electron chi connectivity index (χ4n) is 1.41. The number of thiophene rings is 1. The number of nitrogens with zero attached hydrogens (tertiary/aromatic N) is 3. The van der Waals surface area contributed by atoms with E-state index in [-0.39, 0.29) is 0 Å². The Bertz CT molecular complexity index is 590. The Morgan fingerprint density at radius 2 is 2.07 bits per heavy atom. The van der Waals surface area contributed by atoms with Gasteiger partial charge in [-0.05, 0) is 17.5 Å². The van der Waals surface area contributed by atoms with Gasteiger partial charge in [0.05, 0.1) is 28.5 Å². The van der Waals surface area contributed by atoms with E-state index in [2.05, 4.69) is 15.0 Å². The summed E-state index contributed by atoms with van der Waals surface area (Å²) in [6.07, 6.45) is 5.24. The van der Waals surface area contributed by atoms with E-state index in [4.69, 9.17) is 0 Å². The Hall–Kier alpha value is -1.81. The van der Waals surface area contributed by atoms with Gasteiger partial charge in [-0.25, -0.2) is 4.98 Å². The molecule has 0 aliphatic heterocycles. The molecule has 3 heterocycles. The average Bonchev–Trinajstić information content (AvgIpc) is 2.82. The molecule has 72 valence electrons. The van der Waals surface area contributed by atoms with E-state index in [1.807, 2.05) is 23.6 Å². The van der Waals surface area contributed by atoms with Crippen molar-refractivity contribution in [3.63, 3.8) is 0 Å². The van der Waals surface area contributed by atoms with Crippen LogP contribution < -0.4 is 0 Å². The van der Waals surface area contributed by atoms with E-state index in [1.165, 1.54) is 0 Å². The molecule has 3 aromatic rings. The number of fused-ring (bicyclic) bond motifs is 1. The first-order chi connectivity index (χ1) is 7.43. The lowest BCUT2D eigenvalue weighted by Gasteiger charge is -1.98. The van der Waals surface area contributed by atoms with Gasteiger partial charge in [0, 0.05) is 6.20 Å². The minimum atomic E-state index is 0.831. The van der Waals surface area contributed by atoms with Gasteiger partial charge in [-0.3, -0.25) is 9.97 Å². The molecule has 3 nitrogen and oxygen atoms in total. The second-order valence-corrected chi connectivity index (χ2v) is 4.04. The second-order valence-electron chi connectivity index (χ2n) is 3.10. The lowest BCUT2D eigenvalue weighted by Crippen LogP contribution is -1.87. The molecule has 3 aromatic heterocycles. The van der Waals surface area contributed by atoms with E-state index < -0.39 is 0 Å². The van der Waals surface area contributed by atoms with Crippen molar-refractivity contribution in [3.05, 3.63) is 42.2 Å². The van der Waals surface area contributed by atoms with E-state index in [0.717, 1.165) is 21.6 Å². The van der Waals surface area contributed by atoms with Crippen LogP contribution in [0.15, 0.2) is 42.2 Å². The zero-order chi connectivity index (χ0) is 10.1. The molecule has 0 aliphatic rings.